The third-order valence-corrected chi connectivity index (χ3v) is 2.32. The van der Waals surface area contributed by atoms with Gasteiger partial charge in [0.1, 0.15) is 5.82 Å². The lowest BCUT2D eigenvalue weighted by Crippen LogP contribution is -2.05. The maximum Gasteiger partial charge on any atom is 0.221 e. The average Bonchev–Trinajstić information content (AvgIpc) is 2.32. The predicted octanol–water partition coefficient (Wildman–Crippen LogP) is 3.53. The fourth-order valence-corrected chi connectivity index (χ4v) is 1.58. The van der Waals surface area contributed by atoms with Gasteiger partial charge in [-0.15, -0.1) is 0 Å². The van der Waals surface area contributed by atoms with Crippen LogP contribution in [0.5, 0.6) is 0 Å². The van der Waals surface area contributed by atoms with E-state index in [0.29, 0.717) is 0 Å². The van der Waals surface area contributed by atoms with Crippen molar-refractivity contribution in [3.05, 3.63) is 54.3 Å². The summed E-state index contributed by atoms with van der Waals surface area (Å²) in [7, 11) is 0. The Balaban J connectivity index is 2.13. The number of carbonyl (C=O) groups excluding carboxylic acids is 1. The van der Waals surface area contributed by atoms with Crippen molar-refractivity contribution < 1.29 is 9.18 Å². The summed E-state index contributed by atoms with van der Waals surface area (Å²) in [5.41, 5.74) is 2.33. The summed E-state index contributed by atoms with van der Waals surface area (Å²) in [5, 5.41) is 5.83. The van der Waals surface area contributed by atoms with Gasteiger partial charge in [-0.25, -0.2) is 4.39 Å². The number of anilines is 3. The number of rotatable bonds is 3. The van der Waals surface area contributed by atoms with Crippen LogP contribution in [-0.4, -0.2) is 5.91 Å². The molecule has 0 aliphatic rings. The zero-order valence-corrected chi connectivity index (χ0v) is 9.91. The van der Waals surface area contributed by atoms with Gasteiger partial charge >= 0.3 is 0 Å². The van der Waals surface area contributed by atoms with Gasteiger partial charge < -0.3 is 10.6 Å². The van der Waals surface area contributed by atoms with Crippen LogP contribution in [0, 0.1) is 5.82 Å². The highest BCUT2D eigenvalue weighted by Gasteiger charge is 1.99. The molecule has 0 saturated heterocycles. The Hall–Kier alpha value is -2.36. The Bertz CT molecular complexity index is 552. The Morgan fingerprint density at radius 1 is 1.00 bits per heavy atom. The predicted molar refractivity (Wildman–Crippen MR) is 70.4 cm³/mol. The Morgan fingerprint density at radius 3 is 2.33 bits per heavy atom. The molecule has 0 aromatic heterocycles. The lowest BCUT2D eigenvalue weighted by Gasteiger charge is -2.08. The molecule has 0 fully saturated rings. The molecular weight excluding hydrogens is 231 g/mol. The quantitative estimate of drug-likeness (QED) is 0.867. The van der Waals surface area contributed by atoms with Crippen molar-refractivity contribution in [3.63, 3.8) is 0 Å². The van der Waals surface area contributed by atoms with Gasteiger partial charge in [0.15, 0.2) is 0 Å². The fourth-order valence-electron chi connectivity index (χ4n) is 1.58. The summed E-state index contributed by atoms with van der Waals surface area (Å²) in [5.74, 6) is -0.388. The van der Waals surface area contributed by atoms with E-state index in [1.807, 2.05) is 18.2 Å². The molecule has 2 aromatic rings. The summed E-state index contributed by atoms with van der Waals surface area (Å²) < 4.78 is 12.8. The smallest absolute Gasteiger partial charge is 0.221 e. The van der Waals surface area contributed by atoms with Crippen molar-refractivity contribution in [2.45, 2.75) is 6.92 Å². The first-order valence-electron chi connectivity index (χ1n) is 5.54. The summed E-state index contributed by atoms with van der Waals surface area (Å²) in [6, 6.07) is 13.4. The van der Waals surface area contributed by atoms with Gasteiger partial charge in [0, 0.05) is 24.0 Å². The SMILES string of the molecule is CC(=O)Nc1cccc(Nc2ccc(F)cc2)c1. The molecule has 0 saturated carbocycles. The molecule has 0 spiro atoms. The second-order valence-corrected chi connectivity index (χ2v) is 3.89. The zero-order valence-electron chi connectivity index (χ0n) is 9.91. The largest absolute Gasteiger partial charge is 0.355 e. The topological polar surface area (TPSA) is 41.1 Å². The van der Waals surface area contributed by atoms with E-state index >= 15 is 0 Å². The minimum atomic E-state index is -0.271. The van der Waals surface area contributed by atoms with Gasteiger partial charge in [-0.1, -0.05) is 6.07 Å². The molecule has 2 aromatic carbocycles. The number of hydrogen-bond acceptors (Lipinski definition) is 2. The lowest BCUT2D eigenvalue weighted by molar-refractivity contribution is -0.114. The molecule has 0 atom stereocenters. The van der Waals surface area contributed by atoms with Crippen molar-refractivity contribution >= 4 is 23.0 Å². The van der Waals surface area contributed by atoms with E-state index in [-0.39, 0.29) is 11.7 Å². The van der Waals surface area contributed by atoms with Crippen molar-refractivity contribution in [2.75, 3.05) is 10.6 Å². The van der Waals surface area contributed by atoms with Gasteiger partial charge in [0.05, 0.1) is 0 Å². The highest BCUT2D eigenvalue weighted by Crippen LogP contribution is 2.20. The van der Waals surface area contributed by atoms with Gasteiger partial charge in [-0.2, -0.15) is 0 Å². The minimum absolute atomic E-state index is 0.117. The second kappa shape index (κ2) is 5.31. The summed E-state index contributed by atoms with van der Waals surface area (Å²) >= 11 is 0. The molecule has 0 aliphatic carbocycles. The molecule has 0 unspecified atom stereocenters. The van der Waals surface area contributed by atoms with E-state index in [4.69, 9.17) is 0 Å². The van der Waals surface area contributed by atoms with Crippen LogP contribution in [0.25, 0.3) is 0 Å². The van der Waals surface area contributed by atoms with Crippen molar-refractivity contribution in [2.24, 2.45) is 0 Å². The minimum Gasteiger partial charge on any atom is -0.355 e. The van der Waals surface area contributed by atoms with E-state index in [1.165, 1.54) is 19.1 Å². The molecule has 3 nitrogen and oxygen atoms in total. The van der Waals surface area contributed by atoms with Crippen LogP contribution in [-0.2, 0) is 4.79 Å². The average molecular weight is 244 g/mol. The highest BCUT2D eigenvalue weighted by molar-refractivity contribution is 5.89. The van der Waals surface area contributed by atoms with Crippen LogP contribution in [0.3, 0.4) is 0 Å². The van der Waals surface area contributed by atoms with Crippen LogP contribution in [0.4, 0.5) is 21.5 Å². The maximum atomic E-state index is 12.8. The third-order valence-electron chi connectivity index (χ3n) is 2.32. The number of nitrogens with one attached hydrogen (secondary N) is 2. The number of halogens is 1. The van der Waals surface area contributed by atoms with Gasteiger partial charge in [0.2, 0.25) is 5.91 Å². The molecule has 2 N–H and O–H groups in total. The van der Waals surface area contributed by atoms with E-state index in [1.54, 1.807) is 18.2 Å². The van der Waals surface area contributed by atoms with E-state index in [2.05, 4.69) is 10.6 Å². The van der Waals surface area contributed by atoms with Crippen molar-refractivity contribution in [3.8, 4) is 0 Å². The lowest BCUT2D eigenvalue weighted by atomic mass is 10.2. The zero-order chi connectivity index (χ0) is 13.0. The van der Waals surface area contributed by atoms with Gasteiger partial charge in [-0.05, 0) is 42.5 Å². The Labute approximate surface area is 105 Å². The first kappa shape index (κ1) is 12.1. The molecule has 1 amide bonds. The third kappa shape index (κ3) is 3.31. The molecule has 0 bridgehead atoms. The standard InChI is InChI=1S/C14H13FN2O/c1-10(18)16-13-3-2-4-14(9-13)17-12-7-5-11(15)6-8-12/h2-9,17H,1H3,(H,16,18). The van der Waals surface area contributed by atoms with E-state index in [0.717, 1.165) is 17.1 Å². The number of benzene rings is 2. The maximum absolute atomic E-state index is 12.8. The molecule has 0 radical (unpaired) electrons. The van der Waals surface area contributed by atoms with Gasteiger partial charge in [0.25, 0.3) is 0 Å². The summed E-state index contributed by atoms with van der Waals surface area (Å²) in [4.78, 5) is 10.9. The van der Waals surface area contributed by atoms with Crippen LogP contribution >= 0.6 is 0 Å². The Kier molecular flexibility index (Phi) is 3.57. The van der Waals surface area contributed by atoms with Gasteiger partial charge in [-0.3, -0.25) is 4.79 Å². The molecule has 0 heterocycles. The number of amides is 1. The molecular formula is C14H13FN2O. The van der Waals surface area contributed by atoms with Crippen molar-refractivity contribution in [1.82, 2.24) is 0 Å². The summed E-state index contributed by atoms with van der Waals surface area (Å²) in [6.45, 7) is 1.46. The number of hydrogen-bond donors (Lipinski definition) is 2. The second-order valence-electron chi connectivity index (χ2n) is 3.89. The first-order chi connectivity index (χ1) is 8.63. The normalized spacial score (nSPS) is 9.89. The monoisotopic (exact) mass is 244 g/mol. The molecule has 2 rings (SSSR count). The first-order valence-corrected chi connectivity index (χ1v) is 5.54. The van der Waals surface area contributed by atoms with Crippen LogP contribution in [0.1, 0.15) is 6.92 Å². The molecule has 92 valence electrons. The fraction of sp³-hybridized carbons (Fsp3) is 0.0714. The molecule has 4 heteroatoms. The molecule has 18 heavy (non-hydrogen) atoms. The highest BCUT2D eigenvalue weighted by atomic mass is 19.1. The van der Waals surface area contributed by atoms with E-state index < -0.39 is 0 Å². The molecule has 0 aliphatic heterocycles. The number of carbonyl (C=O) groups is 1. The van der Waals surface area contributed by atoms with Crippen molar-refractivity contribution in [1.29, 1.82) is 0 Å². The van der Waals surface area contributed by atoms with Crippen LogP contribution < -0.4 is 10.6 Å². The summed E-state index contributed by atoms with van der Waals surface area (Å²) in [6.07, 6.45) is 0. The van der Waals surface area contributed by atoms with Crippen LogP contribution in [0.2, 0.25) is 0 Å². The Morgan fingerprint density at radius 2 is 1.67 bits per heavy atom. The van der Waals surface area contributed by atoms with E-state index in [9.17, 15) is 9.18 Å². The van der Waals surface area contributed by atoms with Crippen LogP contribution in [0.15, 0.2) is 48.5 Å².